The normalized spacial score (nSPS) is 15.4. The highest BCUT2D eigenvalue weighted by Crippen LogP contribution is 2.16. The Labute approximate surface area is 189 Å². The van der Waals surface area contributed by atoms with E-state index in [2.05, 4.69) is 10.2 Å². The van der Waals surface area contributed by atoms with Gasteiger partial charge in [-0.1, -0.05) is 41.9 Å². The monoisotopic (exact) mass is 443 g/mol. The zero-order valence-electron chi connectivity index (χ0n) is 18.1. The van der Waals surface area contributed by atoms with Crippen LogP contribution in [0.25, 0.3) is 0 Å². The topological polar surface area (TPSA) is 61.9 Å². The van der Waals surface area contributed by atoms with E-state index in [1.165, 1.54) is 0 Å². The molecule has 3 rings (SSSR count). The molecule has 1 unspecified atom stereocenters. The van der Waals surface area contributed by atoms with E-state index in [0.29, 0.717) is 50.6 Å². The standard InChI is InChI=1S/C24H30ClN3O3/c1-18(24(30)26-17-20-5-3-4-6-22(20)25)27-13-15-28(16-14-27)23(29)12-9-19-7-10-21(31-2)11-8-19/h3-8,10-11,18H,9,12-17H2,1-2H3,(H,26,30). The molecule has 1 atom stereocenters. The first-order valence-electron chi connectivity index (χ1n) is 10.6. The summed E-state index contributed by atoms with van der Waals surface area (Å²) in [6.45, 7) is 4.98. The Kier molecular flexibility index (Phi) is 8.32. The Balaban J connectivity index is 1.40. The van der Waals surface area contributed by atoms with Crippen LogP contribution in [0.15, 0.2) is 48.5 Å². The Hall–Kier alpha value is -2.57. The second-order valence-electron chi connectivity index (χ2n) is 7.75. The second kappa shape index (κ2) is 11.2. The van der Waals surface area contributed by atoms with Gasteiger partial charge in [-0.05, 0) is 42.7 Å². The number of hydrogen-bond acceptors (Lipinski definition) is 4. The number of ether oxygens (including phenoxy) is 1. The summed E-state index contributed by atoms with van der Waals surface area (Å²) < 4.78 is 5.16. The zero-order valence-corrected chi connectivity index (χ0v) is 18.9. The fraction of sp³-hybridized carbons (Fsp3) is 0.417. The van der Waals surface area contributed by atoms with Gasteiger partial charge < -0.3 is 15.0 Å². The molecule has 1 aliphatic rings. The number of hydrogen-bond donors (Lipinski definition) is 1. The van der Waals surface area contributed by atoms with Crippen LogP contribution in [0, 0.1) is 0 Å². The molecule has 0 bridgehead atoms. The van der Waals surface area contributed by atoms with E-state index in [4.69, 9.17) is 16.3 Å². The number of nitrogens with one attached hydrogen (secondary N) is 1. The molecule has 166 valence electrons. The first-order valence-corrected chi connectivity index (χ1v) is 11.0. The Morgan fingerprint density at radius 3 is 2.39 bits per heavy atom. The maximum absolute atomic E-state index is 12.6. The summed E-state index contributed by atoms with van der Waals surface area (Å²) in [4.78, 5) is 29.2. The van der Waals surface area contributed by atoms with Gasteiger partial charge in [0.05, 0.1) is 13.2 Å². The number of piperazine rings is 1. The number of halogens is 1. The minimum Gasteiger partial charge on any atom is -0.497 e. The molecule has 0 radical (unpaired) electrons. The predicted molar refractivity (Wildman–Crippen MR) is 122 cm³/mol. The van der Waals surface area contributed by atoms with Gasteiger partial charge in [0.15, 0.2) is 0 Å². The molecule has 1 N–H and O–H groups in total. The molecular formula is C24H30ClN3O3. The molecule has 2 aromatic rings. The van der Waals surface area contributed by atoms with Gasteiger partial charge in [-0.3, -0.25) is 14.5 Å². The Bertz CT molecular complexity index is 880. The van der Waals surface area contributed by atoms with Crippen molar-refractivity contribution in [3.8, 4) is 5.75 Å². The van der Waals surface area contributed by atoms with Crippen LogP contribution in [0.5, 0.6) is 5.75 Å². The molecule has 6 nitrogen and oxygen atoms in total. The fourth-order valence-corrected chi connectivity index (χ4v) is 3.90. The van der Waals surface area contributed by atoms with Crippen LogP contribution in [-0.2, 0) is 22.6 Å². The highest BCUT2D eigenvalue weighted by atomic mass is 35.5. The van der Waals surface area contributed by atoms with E-state index in [9.17, 15) is 9.59 Å². The third-order valence-corrected chi connectivity index (χ3v) is 6.16. The number of carbonyl (C=O) groups excluding carboxylic acids is 2. The fourth-order valence-electron chi connectivity index (χ4n) is 3.70. The van der Waals surface area contributed by atoms with Crippen molar-refractivity contribution in [3.05, 3.63) is 64.7 Å². The van der Waals surface area contributed by atoms with E-state index in [-0.39, 0.29) is 17.9 Å². The van der Waals surface area contributed by atoms with Crippen molar-refractivity contribution in [1.29, 1.82) is 0 Å². The van der Waals surface area contributed by atoms with E-state index < -0.39 is 0 Å². The van der Waals surface area contributed by atoms with Crippen molar-refractivity contribution in [2.45, 2.75) is 32.4 Å². The van der Waals surface area contributed by atoms with Crippen LogP contribution < -0.4 is 10.1 Å². The number of rotatable bonds is 8. The Morgan fingerprint density at radius 1 is 1.06 bits per heavy atom. The van der Waals surface area contributed by atoms with Crippen LogP contribution in [0.1, 0.15) is 24.5 Å². The quantitative estimate of drug-likeness (QED) is 0.680. The molecule has 1 aliphatic heterocycles. The summed E-state index contributed by atoms with van der Waals surface area (Å²) >= 11 is 6.16. The van der Waals surface area contributed by atoms with Gasteiger partial charge in [-0.2, -0.15) is 0 Å². The van der Waals surface area contributed by atoms with Crippen molar-refractivity contribution >= 4 is 23.4 Å². The molecule has 1 fully saturated rings. The summed E-state index contributed by atoms with van der Waals surface area (Å²) in [6, 6.07) is 15.1. The number of methoxy groups -OCH3 is 1. The summed E-state index contributed by atoms with van der Waals surface area (Å²) in [5, 5.41) is 3.61. The predicted octanol–water partition coefficient (Wildman–Crippen LogP) is 3.13. The Morgan fingerprint density at radius 2 is 1.74 bits per heavy atom. The summed E-state index contributed by atoms with van der Waals surface area (Å²) in [7, 11) is 1.64. The third-order valence-electron chi connectivity index (χ3n) is 5.79. The lowest BCUT2D eigenvalue weighted by molar-refractivity contribution is -0.134. The van der Waals surface area contributed by atoms with E-state index >= 15 is 0 Å². The lowest BCUT2D eigenvalue weighted by atomic mass is 10.1. The molecule has 2 aromatic carbocycles. The van der Waals surface area contributed by atoms with Gasteiger partial charge in [0.1, 0.15) is 5.75 Å². The van der Waals surface area contributed by atoms with Crippen molar-refractivity contribution in [1.82, 2.24) is 15.1 Å². The van der Waals surface area contributed by atoms with Crippen molar-refractivity contribution < 1.29 is 14.3 Å². The summed E-state index contributed by atoms with van der Waals surface area (Å²) in [5.74, 6) is 0.946. The van der Waals surface area contributed by atoms with Crippen LogP contribution >= 0.6 is 11.6 Å². The van der Waals surface area contributed by atoms with Crippen molar-refractivity contribution in [3.63, 3.8) is 0 Å². The van der Waals surface area contributed by atoms with Gasteiger partial charge in [-0.25, -0.2) is 0 Å². The van der Waals surface area contributed by atoms with E-state index in [0.717, 1.165) is 16.9 Å². The molecule has 31 heavy (non-hydrogen) atoms. The van der Waals surface area contributed by atoms with Gasteiger partial charge >= 0.3 is 0 Å². The smallest absolute Gasteiger partial charge is 0.237 e. The molecule has 1 saturated heterocycles. The molecule has 0 saturated carbocycles. The van der Waals surface area contributed by atoms with Gasteiger partial charge in [-0.15, -0.1) is 0 Å². The second-order valence-corrected chi connectivity index (χ2v) is 8.16. The number of carbonyl (C=O) groups is 2. The van der Waals surface area contributed by atoms with Gasteiger partial charge in [0, 0.05) is 44.2 Å². The molecule has 7 heteroatoms. The average molecular weight is 444 g/mol. The minimum absolute atomic E-state index is 0.0285. The maximum atomic E-state index is 12.6. The largest absolute Gasteiger partial charge is 0.497 e. The number of benzene rings is 2. The first-order chi connectivity index (χ1) is 15.0. The highest BCUT2D eigenvalue weighted by Gasteiger charge is 2.27. The van der Waals surface area contributed by atoms with Crippen LogP contribution in [-0.4, -0.2) is 60.9 Å². The number of amides is 2. The number of nitrogens with zero attached hydrogens (tertiary/aromatic N) is 2. The van der Waals surface area contributed by atoms with Gasteiger partial charge in [0.2, 0.25) is 11.8 Å². The average Bonchev–Trinajstić information content (AvgIpc) is 2.81. The van der Waals surface area contributed by atoms with E-state index in [1.807, 2.05) is 60.4 Å². The molecule has 0 aliphatic carbocycles. The first kappa shape index (κ1) is 23.1. The van der Waals surface area contributed by atoms with E-state index in [1.54, 1.807) is 7.11 Å². The maximum Gasteiger partial charge on any atom is 0.237 e. The molecule has 0 aromatic heterocycles. The van der Waals surface area contributed by atoms with Gasteiger partial charge in [0.25, 0.3) is 0 Å². The van der Waals surface area contributed by atoms with Crippen LogP contribution in [0.3, 0.4) is 0 Å². The van der Waals surface area contributed by atoms with Crippen LogP contribution in [0.2, 0.25) is 5.02 Å². The molecular weight excluding hydrogens is 414 g/mol. The SMILES string of the molecule is COc1ccc(CCC(=O)N2CCN(C(C)C(=O)NCc3ccccc3Cl)CC2)cc1. The lowest BCUT2D eigenvalue weighted by Crippen LogP contribution is -2.54. The summed E-state index contributed by atoms with van der Waals surface area (Å²) in [6.07, 6.45) is 1.20. The van der Waals surface area contributed by atoms with Crippen LogP contribution in [0.4, 0.5) is 0 Å². The minimum atomic E-state index is -0.251. The number of aryl methyl sites for hydroxylation is 1. The van der Waals surface area contributed by atoms with Crippen molar-refractivity contribution in [2.24, 2.45) is 0 Å². The van der Waals surface area contributed by atoms with Crippen molar-refractivity contribution in [2.75, 3.05) is 33.3 Å². The molecule has 0 spiro atoms. The molecule has 1 heterocycles. The summed E-state index contributed by atoms with van der Waals surface area (Å²) in [5.41, 5.74) is 2.02. The lowest BCUT2D eigenvalue weighted by Gasteiger charge is -2.37. The highest BCUT2D eigenvalue weighted by molar-refractivity contribution is 6.31. The zero-order chi connectivity index (χ0) is 22.2. The molecule has 2 amide bonds. The third kappa shape index (κ3) is 6.45.